The number of anilines is 1. The van der Waals surface area contributed by atoms with E-state index in [1.165, 1.54) is 41.3 Å². The first-order valence-corrected chi connectivity index (χ1v) is 14.4. The number of nitrogens with zero attached hydrogens (tertiary/aromatic N) is 3. The first-order valence-electron chi connectivity index (χ1n) is 12.9. The van der Waals surface area contributed by atoms with Gasteiger partial charge in [0.2, 0.25) is 11.8 Å². The van der Waals surface area contributed by atoms with E-state index in [1.54, 1.807) is 25.1 Å². The zero-order valence-electron chi connectivity index (χ0n) is 23.0. The van der Waals surface area contributed by atoms with Gasteiger partial charge in [-0.25, -0.2) is 8.42 Å². The lowest BCUT2D eigenvalue weighted by Gasteiger charge is -2.33. The molecule has 0 fully saturated rings. The highest BCUT2D eigenvalue weighted by molar-refractivity contribution is 7.92. The van der Waals surface area contributed by atoms with Crippen LogP contribution in [-0.2, 0) is 26.2 Å². The Labute approximate surface area is 234 Å². The number of carbonyl (C=O) groups excluding carboxylic acids is 2. The van der Waals surface area contributed by atoms with Crippen LogP contribution >= 0.6 is 0 Å². The highest BCUT2D eigenvalue weighted by Gasteiger charge is 2.34. The van der Waals surface area contributed by atoms with Crippen molar-refractivity contribution in [1.82, 2.24) is 10.2 Å². The van der Waals surface area contributed by atoms with Crippen molar-refractivity contribution in [3.05, 3.63) is 100 Å². The van der Waals surface area contributed by atoms with E-state index in [0.29, 0.717) is 6.42 Å². The van der Waals surface area contributed by atoms with Gasteiger partial charge in [-0.15, -0.1) is 0 Å². The van der Waals surface area contributed by atoms with Crippen LogP contribution < -0.4 is 9.62 Å². The van der Waals surface area contributed by atoms with E-state index >= 15 is 0 Å². The van der Waals surface area contributed by atoms with E-state index in [1.807, 2.05) is 45.0 Å². The maximum Gasteiger partial charge on any atom is 0.269 e. The molecule has 0 saturated carbocycles. The second-order valence-electron chi connectivity index (χ2n) is 9.70. The number of sulfonamides is 1. The Morgan fingerprint density at radius 1 is 0.975 bits per heavy atom. The number of non-ortho nitro benzene ring substituents is 1. The Hall–Kier alpha value is -4.25. The van der Waals surface area contributed by atoms with Gasteiger partial charge in [-0.2, -0.15) is 0 Å². The fourth-order valence-electron chi connectivity index (χ4n) is 4.30. The van der Waals surface area contributed by atoms with Crippen LogP contribution in [0.2, 0.25) is 0 Å². The minimum absolute atomic E-state index is 0.0454. The Morgan fingerprint density at radius 2 is 1.62 bits per heavy atom. The second-order valence-corrected chi connectivity index (χ2v) is 11.6. The molecule has 0 aliphatic heterocycles. The molecule has 0 heterocycles. The lowest BCUT2D eigenvalue weighted by molar-refractivity contribution is -0.384. The van der Waals surface area contributed by atoms with Crippen LogP contribution in [0.25, 0.3) is 0 Å². The molecule has 1 N–H and O–H groups in total. The molecular formula is C29H34N4O6S. The molecule has 0 saturated heterocycles. The quantitative estimate of drug-likeness (QED) is 0.255. The van der Waals surface area contributed by atoms with Crippen molar-refractivity contribution in [3.63, 3.8) is 0 Å². The number of hydrogen-bond donors (Lipinski definition) is 1. The molecule has 212 valence electrons. The summed E-state index contributed by atoms with van der Waals surface area (Å²) in [6.07, 6.45) is 0.305. The fourth-order valence-corrected chi connectivity index (χ4v) is 5.73. The van der Waals surface area contributed by atoms with Gasteiger partial charge < -0.3 is 10.2 Å². The van der Waals surface area contributed by atoms with Crippen molar-refractivity contribution < 1.29 is 22.9 Å². The van der Waals surface area contributed by atoms with Crippen LogP contribution in [0.4, 0.5) is 11.4 Å². The van der Waals surface area contributed by atoms with Gasteiger partial charge in [0.15, 0.2) is 0 Å². The predicted molar refractivity (Wildman–Crippen MR) is 153 cm³/mol. The van der Waals surface area contributed by atoms with E-state index in [4.69, 9.17) is 0 Å². The summed E-state index contributed by atoms with van der Waals surface area (Å²) in [7, 11) is -4.25. The summed E-state index contributed by atoms with van der Waals surface area (Å²) in [5.74, 6) is -0.934. The van der Waals surface area contributed by atoms with Crippen LogP contribution in [0.5, 0.6) is 0 Å². The highest BCUT2D eigenvalue weighted by atomic mass is 32.2. The summed E-state index contributed by atoms with van der Waals surface area (Å²) in [5, 5.41) is 14.0. The second kappa shape index (κ2) is 13.2. The number of nitro benzene ring substituents is 1. The van der Waals surface area contributed by atoms with Crippen LogP contribution in [0.1, 0.15) is 38.3 Å². The highest BCUT2D eigenvalue weighted by Crippen LogP contribution is 2.26. The third-order valence-corrected chi connectivity index (χ3v) is 8.00. The molecule has 2 amide bonds. The monoisotopic (exact) mass is 566 g/mol. The summed E-state index contributed by atoms with van der Waals surface area (Å²) < 4.78 is 28.5. The summed E-state index contributed by atoms with van der Waals surface area (Å²) in [6.45, 7) is 6.81. The minimum atomic E-state index is -4.25. The Balaban J connectivity index is 2.07. The molecule has 0 spiro atoms. The Morgan fingerprint density at radius 3 is 2.17 bits per heavy atom. The van der Waals surface area contributed by atoms with E-state index in [9.17, 15) is 28.1 Å². The average Bonchev–Trinajstić information content (AvgIpc) is 2.91. The zero-order chi connectivity index (χ0) is 29.4. The van der Waals surface area contributed by atoms with Crippen molar-refractivity contribution >= 4 is 33.2 Å². The lowest BCUT2D eigenvalue weighted by atomic mass is 10.1. The smallest absolute Gasteiger partial charge is 0.269 e. The number of aryl methyl sites for hydroxylation is 1. The topological polar surface area (TPSA) is 130 Å². The van der Waals surface area contributed by atoms with Gasteiger partial charge in [0.1, 0.15) is 12.6 Å². The molecule has 3 rings (SSSR count). The molecule has 0 bridgehead atoms. The van der Waals surface area contributed by atoms with Crippen LogP contribution in [0.15, 0.2) is 83.8 Å². The molecule has 0 unspecified atom stereocenters. The van der Waals surface area contributed by atoms with Crippen LogP contribution in [-0.4, -0.2) is 48.7 Å². The van der Waals surface area contributed by atoms with E-state index < -0.39 is 33.4 Å². The van der Waals surface area contributed by atoms with Crippen LogP contribution in [0.3, 0.4) is 0 Å². The first kappa shape index (κ1) is 30.3. The SMILES string of the molecule is CC[C@@H](C(=O)NC(C)C)N(Cc1cccc(C)c1)C(=O)CN(c1ccc([N+](=O)[O-])cc1)S(=O)(=O)c1ccccc1. The van der Waals surface area contributed by atoms with E-state index in [-0.39, 0.29) is 34.8 Å². The standard InChI is InChI=1S/C29H34N4O6S/c1-5-27(29(35)30-21(2)3)31(19-23-11-9-10-22(4)18-23)28(34)20-32(24-14-16-25(17-15-24)33(36)37)40(38,39)26-12-7-6-8-13-26/h6-18,21,27H,5,19-20H2,1-4H3,(H,30,35)/t27-/m0/s1. The minimum Gasteiger partial charge on any atom is -0.352 e. The average molecular weight is 567 g/mol. The predicted octanol–water partition coefficient (Wildman–Crippen LogP) is 4.43. The van der Waals surface area contributed by atoms with Gasteiger partial charge >= 0.3 is 0 Å². The van der Waals surface area contributed by atoms with Crippen molar-refractivity contribution in [1.29, 1.82) is 0 Å². The van der Waals surface area contributed by atoms with Gasteiger partial charge in [-0.1, -0.05) is 55.0 Å². The van der Waals surface area contributed by atoms with Gasteiger partial charge in [-0.3, -0.25) is 24.0 Å². The molecule has 40 heavy (non-hydrogen) atoms. The van der Waals surface area contributed by atoms with Crippen molar-refractivity contribution in [2.75, 3.05) is 10.8 Å². The van der Waals surface area contributed by atoms with Crippen LogP contribution in [0, 0.1) is 17.0 Å². The first-order chi connectivity index (χ1) is 18.9. The molecule has 0 radical (unpaired) electrons. The van der Waals surface area contributed by atoms with E-state index in [2.05, 4.69) is 5.32 Å². The van der Waals surface area contributed by atoms with Crippen molar-refractivity contribution in [2.45, 2.75) is 57.6 Å². The Kier molecular flexibility index (Phi) is 10.0. The number of benzene rings is 3. The number of nitro groups is 1. The summed E-state index contributed by atoms with van der Waals surface area (Å²) in [5.41, 5.74) is 1.63. The van der Waals surface area contributed by atoms with Crippen molar-refractivity contribution in [3.8, 4) is 0 Å². The molecule has 0 aromatic heterocycles. The number of nitrogens with one attached hydrogen (secondary N) is 1. The molecule has 0 aliphatic carbocycles. The van der Waals surface area contributed by atoms with Gasteiger partial charge in [0.25, 0.3) is 15.7 Å². The lowest BCUT2D eigenvalue weighted by Crippen LogP contribution is -2.53. The maximum atomic E-state index is 14.0. The van der Waals surface area contributed by atoms with Gasteiger partial charge in [0.05, 0.1) is 15.5 Å². The zero-order valence-corrected chi connectivity index (χ0v) is 23.8. The third-order valence-electron chi connectivity index (χ3n) is 6.21. The molecule has 3 aromatic rings. The molecule has 11 heteroatoms. The largest absolute Gasteiger partial charge is 0.352 e. The number of amides is 2. The maximum absolute atomic E-state index is 14.0. The van der Waals surface area contributed by atoms with Crippen molar-refractivity contribution in [2.24, 2.45) is 0 Å². The van der Waals surface area contributed by atoms with Gasteiger partial charge in [-0.05, 0) is 57.0 Å². The number of hydrogen-bond acceptors (Lipinski definition) is 6. The summed E-state index contributed by atoms with van der Waals surface area (Å²) >= 11 is 0. The number of rotatable bonds is 12. The molecule has 0 aliphatic rings. The molecular weight excluding hydrogens is 532 g/mol. The summed E-state index contributed by atoms with van der Waals surface area (Å²) in [6, 6.07) is 19.1. The molecule has 1 atom stereocenters. The molecule has 10 nitrogen and oxygen atoms in total. The van der Waals surface area contributed by atoms with Gasteiger partial charge in [0, 0.05) is 24.7 Å². The fraction of sp³-hybridized carbons (Fsp3) is 0.310. The normalized spacial score (nSPS) is 12.0. The third kappa shape index (κ3) is 7.44. The molecule has 3 aromatic carbocycles. The number of carbonyl (C=O) groups is 2. The Bertz CT molecular complexity index is 1440. The van der Waals surface area contributed by atoms with E-state index in [0.717, 1.165) is 15.4 Å². The summed E-state index contributed by atoms with van der Waals surface area (Å²) in [4.78, 5) is 39.1.